The van der Waals surface area contributed by atoms with Gasteiger partial charge in [-0.2, -0.15) is 0 Å². The summed E-state index contributed by atoms with van der Waals surface area (Å²) in [5, 5.41) is 27.5. The number of phenolic OH excluding ortho intramolecular Hbond substituents is 1. The number of benzene rings is 1. The average Bonchev–Trinajstić information content (AvgIpc) is 2.37. The molecule has 1 aromatic rings. The van der Waals surface area contributed by atoms with Crippen LogP contribution in [0.2, 0.25) is 0 Å². The lowest BCUT2D eigenvalue weighted by molar-refractivity contribution is 0.0696. The van der Waals surface area contributed by atoms with Gasteiger partial charge in [0, 0.05) is 12.2 Å². The van der Waals surface area contributed by atoms with Crippen molar-refractivity contribution in [1.29, 1.82) is 0 Å². The van der Waals surface area contributed by atoms with Crippen LogP contribution in [0, 0.1) is 5.92 Å². The molecule has 0 aliphatic carbocycles. The molecule has 0 unspecified atom stereocenters. The van der Waals surface area contributed by atoms with Crippen LogP contribution in [0.4, 0.5) is 0 Å². The summed E-state index contributed by atoms with van der Waals surface area (Å²) in [5.41, 5.74) is 1.42. The lowest BCUT2D eigenvalue weighted by Crippen LogP contribution is -2.00. The number of aliphatic hydroxyl groups is 1. The molecule has 0 aliphatic rings. The standard InChI is InChI=1S/C15H20O4/c1-10(9-16)4-3-5-11(2)13-7-6-12(15(18)19)8-14(13)17/h6-8,10,16-17H,2-5,9H2,1H3,(H,18,19)/t10-/m0/s1. The summed E-state index contributed by atoms with van der Waals surface area (Å²) in [7, 11) is 0. The second-order valence-electron chi connectivity index (χ2n) is 4.82. The van der Waals surface area contributed by atoms with Crippen molar-refractivity contribution in [3.8, 4) is 5.75 Å². The normalized spacial score (nSPS) is 12.1. The highest BCUT2D eigenvalue weighted by molar-refractivity contribution is 5.89. The number of hydrogen-bond acceptors (Lipinski definition) is 3. The highest BCUT2D eigenvalue weighted by atomic mass is 16.4. The molecule has 0 spiro atoms. The van der Waals surface area contributed by atoms with Gasteiger partial charge >= 0.3 is 5.97 Å². The fourth-order valence-electron chi connectivity index (χ4n) is 1.85. The van der Waals surface area contributed by atoms with Crippen LogP contribution in [-0.4, -0.2) is 27.9 Å². The van der Waals surface area contributed by atoms with Crippen molar-refractivity contribution in [3.63, 3.8) is 0 Å². The van der Waals surface area contributed by atoms with E-state index in [9.17, 15) is 9.90 Å². The van der Waals surface area contributed by atoms with Crippen LogP contribution in [-0.2, 0) is 0 Å². The van der Waals surface area contributed by atoms with Crippen molar-refractivity contribution in [1.82, 2.24) is 0 Å². The van der Waals surface area contributed by atoms with Crippen LogP contribution in [0.25, 0.3) is 5.57 Å². The first-order valence-corrected chi connectivity index (χ1v) is 6.31. The molecule has 4 heteroatoms. The Bertz CT molecular complexity index is 465. The molecule has 0 saturated heterocycles. The minimum Gasteiger partial charge on any atom is -0.507 e. The minimum absolute atomic E-state index is 0.0555. The third-order valence-corrected chi connectivity index (χ3v) is 3.11. The van der Waals surface area contributed by atoms with Crippen LogP contribution in [0.1, 0.15) is 42.1 Å². The van der Waals surface area contributed by atoms with E-state index in [1.165, 1.54) is 12.1 Å². The van der Waals surface area contributed by atoms with Crippen molar-refractivity contribution in [2.75, 3.05) is 6.61 Å². The lowest BCUT2D eigenvalue weighted by Gasteiger charge is -2.11. The zero-order valence-electron chi connectivity index (χ0n) is 11.1. The average molecular weight is 264 g/mol. The van der Waals surface area contributed by atoms with Gasteiger partial charge < -0.3 is 15.3 Å². The summed E-state index contributed by atoms with van der Waals surface area (Å²) < 4.78 is 0. The van der Waals surface area contributed by atoms with Gasteiger partial charge in [0.25, 0.3) is 0 Å². The molecule has 1 rings (SSSR count). The first-order valence-electron chi connectivity index (χ1n) is 6.31. The number of aliphatic hydroxyl groups excluding tert-OH is 1. The Morgan fingerprint density at radius 2 is 2.11 bits per heavy atom. The van der Waals surface area contributed by atoms with Crippen molar-refractivity contribution in [2.24, 2.45) is 5.92 Å². The molecule has 1 atom stereocenters. The second-order valence-corrected chi connectivity index (χ2v) is 4.82. The van der Waals surface area contributed by atoms with Crippen LogP contribution in [0.15, 0.2) is 24.8 Å². The van der Waals surface area contributed by atoms with E-state index in [2.05, 4.69) is 6.58 Å². The van der Waals surface area contributed by atoms with Gasteiger partial charge in [-0.1, -0.05) is 19.6 Å². The smallest absolute Gasteiger partial charge is 0.335 e. The molecular weight excluding hydrogens is 244 g/mol. The minimum atomic E-state index is -1.07. The van der Waals surface area contributed by atoms with Crippen molar-refractivity contribution >= 4 is 11.5 Å². The molecule has 0 aromatic heterocycles. The van der Waals surface area contributed by atoms with Crippen LogP contribution < -0.4 is 0 Å². The number of carboxylic acid groups (broad SMARTS) is 1. The fourth-order valence-corrected chi connectivity index (χ4v) is 1.85. The Labute approximate surface area is 113 Å². The van der Waals surface area contributed by atoms with Crippen molar-refractivity contribution in [2.45, 2.75) is 26.2 Å². The van der Waals surface area contributed by atoms with E-state index in [0.717, 1.165) is 18.4 Å². The quantitative estimate of drug-likeness (QED) is 0.707. The topological polar surface area (TPSA) is 77.8 Å². The maximum atomic E-state index is 10.8. The monoisotopic (exact) mass is 264 g/mol. The van der Waals surface area contributed by atoms with Crippen LogP contribution in [0.3, 0.4) is 0 Å². The molecule has 4 nitrogen and oxygen atoms in total. The number of rotatable bonds is 7. The van der Waals surface area contributed by atoms with Gasteiger partial charge in [-0.05, 0) is 42.9 Å². The maximum Gasteiger partial charge on any atom is 0.335 e. The Kier molecular flexibility index (Phi) is 5.57. The Morgan fingerprint density at radius 3 is 2.63 bits per heavy atom. The van der Waals surface area contributed by atoms with Gasteiger partial charge in [-0.25, -0.2) is 4.79 Å². The van der Waals surface area contributed by atoms with Gasteiger partial charge in [0.1, 0.15) is 5.75 Å². The van der Waals surface area contributed by atoms with E-state index in [-0.39, 0.29) is 23.8 Å². The van der Waals surface area contributed by atoms with Gasteiger partial charge in [0.15, 0.2) is 0 Å². The highest BCUT2D eigenvalue weighted by Crippen LogP contribution is 2.28. The summed E-state index contributed by atoms with van der Waals surface area (Å²) in [4.78, 5) is 10.8. The van der Waals surface area contributed by atoms with Crippen LogP contribution >= 0.6 is 0 Å². The third kappa shape index (κ3) is 4.41. The number of aromatic hydroxyl groups is 1. The molecule has 19 heavy (non-hydrogen) atoms. The molecule has 0 aliphatic heterocycles. The molecule has 0 heterocycles. The number of phenols is 1. The SMILES string of the molecule is C=C(CCC[C@H](C)CO)c1ccc(C(=O)O)cc1O. The van der Waals surface area contributed by atoms with Gasteiger partial charge in [-0.3, -0.25) is 0 Å². The second kappa shape index (κ2) is 6.95. The van der Waals surface area contributed by atoms with Crippen molar-refractivity contribution in [3.05, 3.63) is 35.9 Å². The van der Waals surface area contributed by atoms with E-state index < -0.39 is 5.97 Å². The molecule has 1 aromatic carbocycles. The maximum absolute atomic E-state index is 10.8. The number of allylic oxidation sites excluding steroid dienone is 1. The van der Waals surface area contributed by atoms with Gasteiger partial charge in [-0.15, -0.1) is 0 Å². The van der Waals surface area contributed by atoms with E-state index in [1.54, 1.807) is 6.07 Å². The fraction of sp³-hybridized carbons (Fsp3) is 0.400. The summed E-state index contributed by atoms with van der Waals surface area (Å²) in [6.07, 6.45) is 2.48. The number of aromatic carboxylic acids is 1. The van der Waals surface area contributed by atoms with E-state index in [0.29, 0.717) is 12.0 Å². The summed E-state index contributed by atoms with van der Waals surface area (Å²) in [6, 6.07) is 4.27. The molecule has 0 bridgehead atoms. The Balaban J connectivity index is 2.65. The number of carbonyl (C=O) groups is 1. The molecule has 0 radical (unpaired) electrons. The highest BCUT2D eigenvalue weighted by Gasteiger charge is 2.10. The Morgan fingerprint density at radius 1 is 1.42 bits per heavy atom. The predicted molar refractivity (Wildman–Crippen MR) is 74.2 cm³/mol. The summed E-state index contributed by atoms with van der Waals surface area (Å²) in [6.45, 7) is 6.06. The molecule has 0 amide bonds. The molecule has 3 N–H and O–H groups in total. The number of hydrogen-bond donors (Lipinski definition) is 3. The molecule has 104 valence electrons. The lowest BCUT2D eigenvalue weighted by atomic mass is 9.97. The van der Waals surface area contributed by atoms with Crippen LogP contribution in [0.5, 0.6) is 5.75 Å². The first kappa shape index (κ1) is 15.2. The van der Waals surface area contributed by atoms with Gasteiger partial charge in [0.05, 0.1) is 5.56 Å². The zero-order chi connectivity index (χ0) is 14.4. The first-order chi connectivity index (χ1) is 8.95. The molecule has 0 saturated carbocycles. The third-order valence-electron chi connectivity index (χ3n) is 3.11. The predicted octanol–water partition coefficient (Wildman–Crippen LogP) is 2.90. The van der Waals surface area contributed by atoms with E-state index in [1.807, 2.05) is 6.92 Å². The van der Waals surface area contributed by atoms with E-state index in [4.69, 9.17) is 10.2 Å². The zero-order valence-corrected chi connectivity index (χ0v) is 11.1. The largest absolute Gasteiger partial charge is 0.507 e. The number of carboxylic acids is 1. The molecular formula is C15H20O4. The van der Waals surface area contributed by atoms with E-state index >= 15 is 0 Å². The Hall–Kier alpha value is -1.81. The van der Waals surface area contributed by atoms with Gasteiger partial charge in [0.2, 0.25) is 0 Å². The molecule has 0 fully saturated rings. The van der Waals surface area contributed by atoms with Crippen molar-refractivity contribution < 1.29 is 20.1 Å². The summed E-state index contributed by atoms with van der Waals surface area (Å²) in [5.74, 6) is -0.861. The summed E-state index contributed by atoms with van der Waals surface area (Å²) >= 11 is 0.